The van der Waals surface area contributed by atoms with E-state index in [1.54, 1.807) is 36.4 Å². The molecular formula is C25H18BrCl2NO3. The number of aliphatic hydroxyl groups excluding tert-OH is 1. The number of aryl methyl sites for hydroxylation is 2. The van der Waals surface area contributed by atoms with E-state index in [1.807, 2.05) is 38.1 Å². The fourth-order valence-electron chi connectivity index (χ4n) is 3.91. The predicted molar refractivity (Wildman–Crippen MR) is 131 cm³/mol. The van der Waals surface area contributed by atoms with Crippen molar-refractivity contribution in [2.24, 2.45) is 0 Å². The van der Waals surface area contributed by atoms with Gasteiger partial charge in [0, 0.05) is 25.8 Å². The number of hydrogen-bond donors (Lipinski definition) is 1. The lowest BCUT2D eigenvalue weighted by Gasteiger charge is -2.27. The summed E-state index contributed by atoms with van der Waals surface area (Å²) in [7, 11) is 0. The maximum Gasteiger partial charge on any atom is 0.300 e. The Morgan fingerprint density at radius 2 is 1.59 bits per heavy atom. The molecule has 162 valence electrons. The quantitative estimate of drug-likeness (QED) is 0.225. The normalized spacial score (nSPS) is 17.8. The van der Waals surface area contributed by atoms with Crippen molar-refractivity contribution in [3.63, 3.8) is 0 Å². The number of aliphatic hydroxyl groups is 1. The van der Waals surface area contributed by atoms with E-state index in [1.165, 1.54) is 4.90 Å². The largest absolute Gasteiger partial charge is 0.507 e. The predicted octanol–water partition coefficient (Wildman–Crippen LogP) is 7.00. The minimum absolute atomic E-state index is 0.0159. The van der Waals surface area contributed by atoms with Gasteiger partial charge < -0.3 is 5.11 Å². The average Bonchev–Trinajstić information content (AvgIpc) is 3.00. The molecule has 1 N–H and O–H groups in total. The van der Waals surface area contributed by atoms with Crippen LogP contribution in [0, 0.1) is 13.8 Å². The zero-order valence-corrected chi connectivity index (χ0v) is 20.3. The van der Waals surface area contributed by atoms with Gasteiger partial charge in [-0.25, -0.2) is 0 Å². The summed E-state index contributed by atoms with van der Waals surface area (Å²) >= 11 is 15.8. The second-order valence-corrected chi connectivity index (χ2v) is 9.34. The molecule has 1 saturated heterocycles. The van der Waals surface area contributed by atoms with Crippen molar-refractivity contribution >= 4 is 62.3 Å². The second kappa shape index (κ2) is 8.74. The number of rotatable bonds is 3. The highest BCUT2D eigenvalue weighted by Crippen LogP contribution is 2.44. The SMILES string of the molecule is Cc1cc(/C(O)=C2\C(=O)C(=O)N(c3cc(Cl)cc(Cl)c3)C2c2ccccc2C)ccc1Br. The number of anilines is 1. The number of halogens is 3. The van der Waals surface area contributed by atoms with Crippen molar-refractivity contribution < 1.29 is 14.7 Å². The fourth-order valence-corrected chi connectivity index (χ4v) is 4.67. The van der Waals surface area contributed by atoms with Crippen LogP contribution in [0.4, 0.5) is 5.69 Å². The Labute approximate surface area is 204 Å². The van der Waals surface area contributed by atoms with Crippen molar-refractivity contribution in [1.82, 2.24) is 0 Å². The second-order valence-electron chi connectivity index (χ2n) is 7.62. The first kappa shape index (κ1) is 22.6. The van der Waals surface area contributed by atoms with E-state index in [0.29, 0.717) is 21.3 Å². The first-order valence-electron chi connectivity index (χ1n) is 9.78. The molecule has 1 amide bonds. The topological polar surface area (TPSA) is 57.6 Å². The van der Waals surface area contributed by atoms with Crippen LogP contribution in [0.25, 0.3) is 5.76 Å². The third kappa shape index (κ3) is 3.96. The van der Waals surface area contributed by atoms with Gasteiger partial charge in [-0.3, -0.25) is 14.5 Å². The van der Waals surface area contributed by atoms with Gasteiger partial charge in [0.2, 0.25) is 0 Å². The molecule has 1 aliphatic rings. The Hall–Kier alpha value is -2.60. The maximum absolute atomic E-state index is 13.2. The molecule has 32 heavy (non-hydrogen) atoms. The Balaban J connectivity index is 2.00. The lowest BCUT2D eigenvalue weighted by atomic mass is 9.92. The summed E-state index contributed by atoms with van der Waals surface area (Å²) in [6.45, 7) is 3.77. The minimum Gasteiger partial charge on any atom is -0.507 e. The summed E-state index contributed by atoms with van der Waals surface area (Å²) in [4.78, 5) is 27.8. The van der Waals surface area contributed by atoms with Crippen LogP contribution in [-0.2, 0) is 9.59 Å². The molecule has 0 aliphatic carbocycles. The lowest BCUT2D eigenvalue weighted by molar-refractivity contribution is -0.132. The summed E-state index contributed by atoms with van der Waals surface area (Å²) in [5.41, 5.74) is 3.32. The summed E-state index contributed by atoms with van der Waals surface area (Å²) in [6.07, 6.45) is 0. The van der Waals surface area contributed by atoms with Crippen molar-refractivity contribution in [1.29, 1.82) is 0 Å². The van der Waals surface area contributed by atoms with Gasteiger partial charge >= 0.3 is 0 Å². The van der Waals surface area contributed by atoms with Crippen LogP contribution >= 0.6 is 39.1 Å². The van der Waals surface area contributed by atoms with E-state index >= 15 is 0 Å². The number of benzene rings is 3. The molecule has 1 heterocycles. The van der Waals surface area contributed by atoms with Crippen molar-refractivity contribution in [2.45, 2.75) is 19.9 Å². The molecule has 0 aromatic heterocycles. The Morgan fingerprint density at radius 1 is 0.938 bits per heavy atom. The lowest BCUT2D eigenvalue weighted by Crippen LogP contribution is -2.29. The van der Waals surface area contributed by atoms with Crippen molar-refractivity contribution in [2.75, 3.05) is 4.90 Å². The van der Waals surface area contributed by atoms with Crippen LogP contribution in [0.3, 0.4) is 0 Å². The summed E-state index contributed by atoms with van der Waals surface area (Å²) in [6, 6.07) is 16.6. The number of nitrogens with zero attached hydrogens (tertiary/aromatic N) is 1. The van der Waals surface area contributed by atoms with Gasteiger partial charge in [-0.05, 0) is 60.9 Å². The molecule has 0 radical (unpaired) electrons. The molecule has 3 aromatic rings. The molecule has 1 unspecified atom stereocenters. The van der Waals surface area contributed by atoms with E-state index in [9.17, 15) is 14.7 Å². The molecule has 7 heteroatoms. The highest BCUT2D eigenvalue weighted by Gasteiger charge is 2.47. The number of amides is 1. The summed E-state index contributed by atoms with van der Waals surface area (Å²) in [5.74, 6) is -1.76. The van der Waals surface area contributed by atoms with Crippen LogP contribution in [0.1, 0.15) is 28.3 Å². The zero-order chi connectivity index (χ0) is 23.2. The van der Waals surface area contributed by atoms with Gasteiger partial charge in [-0.1, -0.05) is 69.5 Å². The third-order valence-corrected chi connectivity index (χ3v) is 6.81. The van der Waals surface area contributed by atoms with Gasteiger partial charge in [0.25, 0.3) is 11.7 Å². The van der Waals surface area contributed by atoms with Crippen molar-refractivity contribution in [3.05, 3.63) is 103 Å². The van der Waals surface area contributed by atoms with Crippen LogP contribution in [0.5, 0.6) is 0 Å². The van der Waals surface area contributed by atoms with E-state index in [4.69, 9.17) is 23.2 Å². The molecule has 1 atom stereocenters. The van der Waals surface area contributed by atoms with Gasteiger partial charge in [-0.15, -0.1) is 0 Å². The van der Waals surface area contributed by atoms with Gasteiger partial charge in [0.05, 0.1) is 11.6 Å². The highest BCUT2D eigenvalue weighted by atomic mass is 79.9. The first-order valence-corrected chi connectivity index (χ1v) is 11.3. The standard InChI is InChI=1S/C25H18BrCl2NO3/c1-13-5-3-4-6-19(13)22-21(23(30)15-7-8-20(26)14(2)9-15)24(31)25(32)29(22)18-11-16(27)10-17(28)12-18/h3-12,22,30H,1-2H3/b23-21+. The van der Waals surface area contributed by atoms with E-state index < -0.39 is 17.7 Å². The third-order valence-electron chi connectivity index (χ3n) is 5.48. The molecule has 0 saturated carbocycles. The highest BCUT2D eigenvalue weighted by molar-refractivity contribution is 9.10. The summed E-state index contributed by atoms with van der Waals surface area (Å²) < 4.78 is 0.874. The van der Waals surface area contributed by atoms with Crippen LogP contribution in [0.2, 0.25) is 10.0 Å². The van der Waals surface area contributed by atoms with Crippen LogP contribution in [-0.4, -0.2) is 16.8 Å². The maximum atomic E-state index is 13.2. The number of Topliss-reactive ketones (excluding diaryl/α,β-unsaturated/α-hetero) is 1. The average molecular weight is 531 g/mol. The fraction of sp³-hybridized carbons (Fsp3) is 0.120. The number of ketones is 1. The molecule has 0 spiro atoms. The number of carbonyl (C=O) groups is 2. The number of carbonyl (C=O) groups excluding carboxylic acids is 2. The Kier molecular flexibility index (Phi) is 6.17. The smallest absolute Gasteiger partial charge is 0.300 e. The molecular weight excluding hydrogens is 513 g/mol. The molecule has 0 bridgehead atoms. The van der Waals surface area contributed by atoms with E-state index in [-0.39, 0.29) is 11.3 Å². The van der Waals surface area contributed by atoms with E-state index in [0.717, 1.165) is 21.2 Å². The first-order chi connectivity index (χ1) is 15.2. The summed E-state index contributed by atoms with van der Waals surface area (Å²) in [5, 5.41) is 11.9. The van der Waals surface area contributed by atoms with Gasteiger partial charge in [-0.2, -0.15) is 0 Å². The van der Waals surface area contributed by atoms with Crippen molar-refractivity contribution in [3.8, 4) is 0 Å². The molecule has 4 nitrogen and oxygen atoms in total. The Morgan fingerprint density at radius 3 is 2.22 bits per heavy atom. The van der Waals surface area contributed by atoms with E-state index in [2.05, 4.69) is 15.9 Å². The van der Waals surface area contributed by atoms with Gasteiger partial charge in [0.15, 0.2) is 0 Å². The van der Waals surface area contributed by atoms with Gasteiger partial charge in [0.1, 0.15) is 5.76 Å². The molecule has 3 aromatic carbocycles. The van der Waals surface area contributed by atoms with Crippen LogP contribution in [0.15, 0.2) is 70.7 Å². The molecule has 4 rings (SSSR count). The monoisotopic (exact) mass is 529 g/mol. The van der Waals surface area contributed by atoms with Crippen LogP contribution < -0.4 is 4.90 Å². The molecule has 1 fully saturated rings. The Bertz CT molecular complexity index is 1280. The zero-order valence-electron chi connectivity index (χ0n) is 17.2. The number of hydrogen-bond acceptors (Lipinski definition) is 3. The minimum atomic E-state index is -0.838. The molecule has 1 aliphatic heterocycles.